The van der Waals surface area contributed by atoms with E-state index in [0.29, 0.717) is 12.2 Å². The van der Waals surface area contributed by atoms with Crippen LogP contribution in [0.3, 0.4) is 0 Å². The molecule has 18 heavy (non-hydrogen) atoms. The van der Waals surface area contributed by atoms with Crippen LogP contribution in [0, 0.1) is 5.92 Å². The normalized spacial score (nSPS) is 12.7. The molecule has 0 aliphatic carbocycles. The monoisotopic (exact) mass is 314 g/mol. The Kier molecular flexibility index (Phi) is 6.06. The van der Waals surface area contributed by atoms with Crippen molar-refractivity contribution >= 4 is 21.7 Å². The van der Waals surface area contributed by atoms with Gasteiger partial charge < -0.3 is 0 Å². The third-order valence-corrected chi connectivity index (χ3v) is 4.30. The molecule has 0 aliphatic heterocycles. The van der Waals surface area contributed by atoms with E-state index < -0.39 is 0 Å². The zero-order valence-electron chi connectivity index (χ0n) is 11.8. The Morgan fingerprint density at radius 2 is 2.11 bits per heavy atom. The van der Waals surface area contributed by atoms with Crippen LogP contribution >= 0.6 is 15.9 Å². The molecule has 0 aliphatic rings. The van der Waals surface area contributed by atoms with Crippen LogP contribution in [0.2, 0.25) is 0 Å². The molecule has 102 valence electrons. The van der Waals surface area contributed by atoms with Crippen molar-refractivity contribution in [2.24, 2.45) is 13.0 Å². The Hall–Kier alpha value is -0.640. The summed E-state index contributed by atoms with van der Waals surface area (Å²) < 4.78 is 2.83. The lowest BCUT2D eigenvalue weighted by Gasteiger charge is -2.10. The minimum absolute atomic E-state index is 0.150. The third-order valence-electron chi connectivity index (χ3n) is 3.38. The summed E-state index contributed by atoms with van der Waals surface area (Å²) in [4.78, 5) is 12.2. The van der Waals surface area contributed by atoms with Crippen molar-refractivity contribution in [3.05, 3.63) is 15.9 Å². The van der Waals surface area contributed by atoms with Gasteiger partial charge in [-0.05, 0) is 28.8 Å². The molecule has 0 radical (unpaired) electrons. The SMILES string of the molecule is CCCCC(C)C(=O)Cc1c(Br)c(CC)nn1C. The Morgan fingerprint density at radius 1 is 1.44 bits per heavy atom. The Morgan fingerprint density at radius 3 is 2.61 bits per heavy atom. The lowest BCUT2D eigenvalue weighted by Crippen LogP contribution is -2.16. The van der Waals surface area contributed by atoms with Crippen LogP contribution in [0.4, 0.5) is 0 Å². The van der Waals surface area contributed by atoms with Gasteiger partial charge in [-0.3, -0.25) is 9.48 Å². The summed E-state index contributed by atoms with van der Waals surface area (Å²) in [6, 6.07) is 0. The van der Waals surface area contributed by atoms with E-state index in [-0.39, 0.29) is 5.92 Å². The maximum Gasteiger partial charge on any atom is 0.141 e. The highest BCUT2D eigenvalue weighted by atomic mass is 79.9. The first kappa shape index (κ1) is 15.4. The fraction of sp³-hybridized carbons (Fsp3) is 0.714. The topological polar surface area (TPSA) is 34.9 Å². The molecular formula is C14H23BrN2O. The van der Waals surface area contributed by atoms with Gasteiger partial charge in [0.05, 0.1) is 15.9 Å². The third kappa shape index (κ3) is 3.67. The summed E-state index contributed by atoms with van der Waals surface area (Å²) in [6.45, 7) is 6.26. The van der Waals surface area contributed by atoms with Gasteiger partial charge in [0.2, 0.25) is 0 Å². The number of unbranched alkanes of at least 4 members (excludes halogenated alkanes) is 1. The molecule has 1 rings (SSSR count). The molecular weight excluding hydrogens is 292 g/mol. The molecule has 1 heterocycles. The van der Waals surface area contributed by atoms with Crippen LogP contribution in [0.1, 0.15) is 51.4 Å². The maximum atomic E-state index is 12.2. The van der Waals surface area contributed by atoms with E-state index >= 15 is 0 Å². The Balaban J connectivity index is 2.72. The van der Waals surface area contributed by atoms with Crippen molar-refractivity contribution < 1.29 is 4.79 Å². The average Bonchev–Trinajstić information content (AvgIpc) is 2.63. The fourth-order valence-corrected chi connectivity index (χ4v) is 2.78. The molecule has 1 unspecified atom stereocenters. The van der Waals surface area contributed by atoms with Crippen molar-refractivity contribution in [1.82, 2.24) is 9.78 Å². The lowest BCUT2D eigenvalue weighted by molar-refractivity contribution is -0.122. The fourth-order valence-electron chi connectivity index (χ4n) is 2.02. The predicted molar refractivity (Wildman–Crippen MR) is 77.7 cm³/mol. The number of hydrogen-bond acceptors (Lipinski definition) is 2. The minimum atomic E-state index is 0.150. The number of ketones is 1. The molecule has 0 N–H and O–H groups in total. The van der Waals surface area contributed by atoms with Crippen LogP contribution in [-0.4, -0.2) is 15.6 Å². The molecule has 4 heteroatoms. The second-order valence-electron chi connectivity index (χ2n) is 4.87. The summed E-state index contributed by atoms with van der Waals surface area (Å²) in [5, 5.41) is 4.42. The number of hydrogen-bond donors (Lipinski definition) is 0. The first-order chi connectivity index (χ1) is 8.51. The van der Waals surface area contributed by atoms with Gasteiger partial charge in [0.25, 0.3) is 0 Å². The van der Waals surface area contributed by atoms with E-state index in [1.165, 1.54) is 0 Å². The number of rotatable bonds is 7. The number of nitrogens with zero attached hydrogens (tertiary/aromatic N) is 2. The molecule has 0 aromatic carbocycles. The molecule has 0 spiro atoms. The number of aryl methyl sites for hydroxylation is 2. The van der Waals surface area contributed by atoms with E-state index in [1.54, 1.807) is 0 Å². The number of carbonyl (C=O) groups excluding carboxylic acids is 1. The van der Waals surface area contributed by atoms with E-state index in [2.05, 4.69) is 34.9 Å². The first-order valence-corrected chi connectivity index (χ1v) is 7.53. The molecule has 1 aromatic rings. The second-order valence-corrected chi connectivity index (χ2v) is 5.66. The van der Waals surface area contributed by atoms with Crippen LogP contribution < -0.4 is 0 Å². The molecule has 0 amide bonds. The number of halogens is 1. The Bertz CT molecular complexity index is 412. The molecule has 3 nitrogen and oxygen atoms in total. The smallest absolute Gasteiger partial charge is 0.141 e. The van der Waals surface area contributed by atoms with Crippen LogP contribution in [0.5, 0.6) is 0 Å². The van der Waals surface area contributed by atoms with Crippen LogP contribution in [0.15, 0.2) is 4.47 Å². The highest BCUT2D eigenvalue weighted by molar-refractivity contribution is 9.10. The van der Waals surface area contributed by atoms with Gasteiger partial charge in [0, 0.05) is 19.4 Å². The number of aromatic nitrogens is 2. The van der Waals surface area contributed by atoms with Gasteiger partial charge in [0.15, 0.2) is 0 Å². The minimum Gasteiger partial charge on any atom is -0.299 e. The number of carbonyl (C=O) groups is 1. The highest BCUT2D eigenvalue weighted by Gasteiger charge is 2.19. The van der Waals surface area contributed by atoms with Gasteiger partial charge in [-0.2, -0.15) is 5.10 Å². The zero-order valence-corrected chi connectivity index (χ0v) is 13.4. The van der Waals surface area contributed by atoms with Gasteiger partial charge >= 0.3 is 0 Å². The van der Waals surface area contributed by atoms with Crippen molar-refractivity contribution in [3.63, 3.8) is 0 Å². The summed E-state index contributed by atoms with van der Waals surface area (Å²) in [5.41, 5.74) is 2.03. The summed E-state index contributed by atoms with van der Waals surface area (Å²) in [6.07, 6.45) is 4.63. The molecule has 1 atom stereocenters. The summed E-state index contributed by atoms with van der Waals surface area (Å²) in [5.74, 6) is 0.464. The van der Waals surface area contributed by atoms with E-state index in [0.717, 1.165) is 41.5 Å². The van der Waals surface area contributed by atoms with Crippen molar-refractivity contribution in [2.45, 2.75) is 52.9 Å². The van der Waals surface area contributed by atoms with Crippen molar-refractivity contribution in [1.29, 1.82) is 0 Å². The largest absolute Gasteiger partial charge is 0.299 e. The van der Waals surface area contributed by atoms with Gasteiger partial charge in [0.1, 0.15) is 5.78 Å². The van der Waals surface area contributed by atoms with E-state index in [9.17, 15) is 4.79 Å². The number of Topliss-reactive ketones (excluding diaryl/α,β-unsaturated/α-hetero) is 1. The maximum absolute atomic E-state index is 12.2. The molecule has 0 saturated carbocycles. The van der Waals surface area contributed by atoms with Gasteiger partial charge in [-0.25, -0.2) is 0 Å². The van der Waals surface area contributed by atoms with Gasteiger partial charge in [-0.1, -0.05) is 33.6 Å². The van der Waals surface area contributed by atoms with Crippen molar-refractivity contribution in [3.8, 4) is 0 Å². The highest BCUT2D eigenvalue weighted by Crippen LogP contribution is 2.23. The van der Waals surface area contributed by atoms with E-state index in [1.807, 2.05) is 18.7 Å². The zero-order chi connectivity index (χ0) is 13.7. The first-order valence-electron chi connectivity index (χ1n) is 6.74. The quantitative estimate of drug-likeness (QED) is 0.769. The second kappa shape index (κ2) is 7.07. The van der Waals surface area contributed by atoms with E-state index in [4.69, 9.17) is 0 Å². The van der Waals surface area contributed by atoms with Crippen LogP contribution in [-0.2, 0) is 24.7 Å². The summed E-state index contributed by atoms with van der Waals surface area (Å²) in [7, 11) is 1.91. The molecule has 0 bridgehead atoms. The molecule has 1 aromatic heterocycles. The standard InChI is InChI=1S/C14H23BrN2O/c1-5-7-8-10(3)13(18)9-12-14(15)11(6-2)16-17(12)4/h10H,5-9H2,1-4H3. The molecule has 0 saturated heterocycles. The van der Waals surface area contributed by atoms with Crippen LogP contribution in [0.25, 0.3) is 0 Å². The molecule has 0 fully saturated rings. The van der Waals surface area contributed by atoms with Gasteiger partial charge in [-0.15, -0.1) is 0 Å². The summed E-state index contributed by atoms with van der Waals surface area (Å²) >= 11 is 3.56. The van der Waals surface area contributed by atoms with Crippen molar-refractivity contribution in [2.75, 3.05) is 0 Å². The lowest BCUT2D eigenvalue weighted by atomic mass is 9.96. The predicted octanol–water partition coefficient (Wildman–Crippen LogP) is 3.68. The Labute approximate surface area is 118 Å². The average molecular weight is 315 g/mol.